The lowest BCUT2D eigenvalue weighted by molar-refractivity contribution is -0.138. The largest absolute Gasteiger partial charge is 0.340 e. The molecule has 0 spiro atoms. The van der Waals surface area contributed by atoms with Gasteiger partial charge in [-0.3, -0.25) is 14.5 Å². The molecule has 0 unspecified atom stereocenters. The number of nitrogens with zero attached hydrogens (tertiary/aromatic N) is 3. The highest BCUT2D eigenvalue weighted by Crippen LogP contribution is 2.33. The quantitative estimate of drug-likeness (QED) is 0.811. The fourth-order valence-electron chi connectivity index (χ4n) is 4.34. The summed E-state index contributed by atoms with van der Waals surface area (Å²) in [6, 6.07) is 0. The molecule has 0 atom stereocenters. The number of carbonyl (C=O) groups is 1. The van der Waals surface area contributed by atoms with Gasteiger partial charge in [0.05, 0.1) is 17.8 Å². The van der Waals surface area contributed by atoms with Gasteiger partial charge >= 0.3 is 0 Å². The van der Waals surface area contributed by atoms with Crippen LogP contribution in [0.4, 0.5) is 0 Å². The number of nitrogens with one attached hydrogen (secondary N) is 2. The van der Waals surface area contributed by atoms with Gasteiger partial charge in [0.25, 0.3) is 5.56 Å². The van der Waals surface area contributed by atoms with Crippen LogP contribution in [0.5, 0.6) is 0 Å². The van der Waals surface area contributed by atoms with Crippen LogP contribution < -0.4 is 10.9 Å². The third-order valence-corrected chi connectivity index (χ3v) is 7.25. The lowest BCUT2D eigenvalue weighted by Gasteiger charge is -2.38. The van der Waals surface area contributed by atoms with Gasteiger partial charge in [-0.15, -0.1) is 11.3 Å². The summed E-state index contributed by atoms with van der Waals surface area (Å²) in [5.41, 5.74) is 1.25. The number of aryl methyl sites for hydroxylation is 2. The number of piperazine rings is 1. The third-order valence-electron chi connectivity index (χ3n) is 6.06. The zero-order valence-electron chi connectivity index (χ0n) is 15.4. The molecular weight excluding hydrogens is 362 g/mol. The standard InChI is InChI=1S/C19H25N5O2S/c25-17-16-13-3-1-2-4-14(13)27-18(16)22-15(21-17)11-23-5-7-24(8-6-23)19(26)12-9-20-10-12/h12,20H,1-11H2,(H,21,22,25). The van der Waals surface area contributed by atoms with E-state index in [1.165, 1.54) is 23.3 Å². The molecule has 2 fully saturated rings. The van der Waals surface area contributed by atoms with Crippen LogP contribution in [0.2, 0.25) is 0 Å². The smallest absolute Gasteiger partial charge is 0.259 e. The summed E-state index contributed by atoms with van der Waals surface area (Å²) in [5, 5.41) is 3.98. The van der Waals surface area contributed by atoms with E-state index in [9.17, 15) is 9.59 Å². The van der Waals surface area contributed by atoms with E-state index >= 15 is 0 Å². The molecule has 7 nitrogen and oxygen atoms in total. The van der Waals surface area contributed by atoms with Gasteiger partial charge in [-0.1, -0.05) is 0 Å². The van der Waals surface area contributed by atoms with Crippen molar-refractivity contribution in [2.45, 2.75) is 32.2 Å². The Kier molecular flexibility index (Phi) is 4.49. The van der Waals surface area contributed by atoms with Gasteiger partial charge in [-0.2, -0.15) is 0 Å². The number of hydrogen-bond donors (Lipinski definition) is 2. The van der Waals surface area contributed by atoms with Gasteiger partial charge in [0.2, 0.25) is 5.91 Å². The minimum absolute atomic E-state index is 0.0145. The molecule has 2 saturated heterocycles. The number of H-pyrrole nitrogens is 1. The number of thiophene rings is 1. The number of aromatic nitrogens is 2. The zero-order chi connectivity index (χ0) is 18.4. The van der Waals surface area contributed by atoms with Crippen LogP contribution in [0.15, 0.2) is 4.79 Å². The fourth-order valence-corrected chi connectivity index (χ4v) is 5.62. The molecule has 2 aliphatic heterocycles. The predicted molar refractivity (Wildman–Crippen MR) is 105 cm³/mol. The molecular formula is C19H25N5O2S. The number of carbonyl (C=O) groups excluding carboxylic acids is 1. The van der Waals surface area contributed by atoms with Crippen LogP contribution in [0.25, 0.3) is 10.2 Å². The van der Waals surface area contributed by atoms with Gasteiger partial charge in [-0.25, -0.2) is 4.98 Å². The summed E-state index contributed by atoms with van der Waals surface area (Å²) in [6.07, 6.45) is 4.47. The van der Waals surface area contributed by atoms with Crippen molar-refractivity contribution in [3.63, 3.8) is 0 Å². The van der Waals surface area contributed by atoms with Crippen LogP contribution in [0, 0.1) is 5.92 Å². The summed E-state index contributed by atoms with van der Waals surface area (Å²) in [6.45, 7) is 5.44. The first-order valence-corrected chi connectivity index (χ1v) is 10.8. The first-order valence-electron chi connectivity index (χ1n) is 9.94. The minimum Gasteiger partial charge on any atom is -0.340 e. The number of hydrogen-bond acceptors (Lipinski definition) is 6. The van der Waals surface area contributed by atoms with E-state index in [-0.39, 0.29) is 17.4 Å². The molecule has 144 valence electrons. The summed E-state index contributed by atoms with van der Waals surface area (Å²) in [4.78, 5) is 39.3. The molecule has 0 radical (unpaired) electrons. The number of amides is 1. The average molecular weight is 388 g/mol. The fraction of sp³-hybridized carbons (Fsp3) is 0.632. The van der Waals surface area contributed by atoms with E-state index in [4.69, 9.17) is 4.98 Å². The summed E-state index contributed by atoms with van der Waals surface area (Å²) < 4.78 is 0. The maximum atomic E-state index is 12.7. The second-order valence-corrected chi connectivity index (χ2v) is 8.94. The SMILES string of the molecule is O=C(C1CNC1)N1CCN(Cc2nc3sc4c(c3c(=O)[nH]2)CCCC4)CC1. The molecule has 2 aromatic heterocycles. The van der Waals surface area contributed by atoms with Crippen molar-refractivity contribution < 1.29 is 4.79 Å². The Morgan fingerprint density at radius 3 is 2.67 bits per heavy atom. The molecule has 0 saturated carbocycles. The Balaban J connectivity index is 1.28. The normalized spacial score (nSPS) is 21.3. The number of rotatable bonds is 3. The highest BCUT2D eigenvalue weighted by Gasteiger charge is 2.31. The van der Waals surface area contributed by atoms with E-state index in [0.717, 1.165) is 68.2 Å². The van der Waals surface area contributed by atoms with Crippen LogP contribution in [-0.4, -0.2) is 64.9 Å². The lowest BCUT2D eigenvalue weighted by Crippen LogP contribution is -2.56. The predicted octanol–water partition coefficient (Wildman–Crippen LogP) is 0.727. The Morgan fingerprint density at radius 2 is 1.93 bits per heavy atom. The molecule has 3 aliphatic rings. The van der Waals surface area contributed by atoms with E-state index in [1.807, 2.05) is 4.90 Å². The first-order chi connectivity index (χ1) is 13.2. The summed E-state index contributed by atoms with van der Waals surface area (Å²) >= 11 is 1.70. The molecule has 4 heterocycles. The first kappa shape index (κ1) is 17.3. The molecule has 1 aliphatic carbocycles. The van der Waals surface area contributed by atoms with Crippen molar-refractivity contribution in [2.24, 2.45) is 5.92 Å². The average Bonchev–Trinajstić information content (AvgIpc) is 2.99. The van der Waals surface area contributed by atoms with Crippen LogP contribution >= 0.6 is 11.3 Å². The lowest BCUT2D eigenvalue weighted by atomic mass is 9.97. The van der Waals surface area contributed by atoms with Crippen molar-refractivity contribution in [3.05, 3.63) is 26.6 Å². The van der Waals surface area contributed by atoms with Gasteiger partial charge in [-0.05, 0) is 31.2 Å². The molecule has 0 aromatic carbocycles. The Labute approximate surface area is 161 Å². The van der Waals surface area contributed by atoms with E-state index in [2.05, 4.69) is 15.2 Å². The zero-order valence-corrected chi connectivity index (χ0v) is 16.2. The Bertz CT molecular complexity index is 924. The molecule has 5 rings (SSSR count). The van der Waals surface area contributed by atoms with Crippen LogP contribution in [-0.2, 0) is 24.2 Å². The van der Waals surface area contributed by atoms with Crippen LogP contribution in [0.3, 0.4) is 0 Å². The number of fused-ring (bicyclic) bond motifs is 3. The Hall–Kier alpha value is -1.77. The molecule has 1 amide bonds. The Morgan fingerprint density at radius 1 is 1.15 bits per heavy atom. The maximum Gasteiger partial charge on any atom is 0.259 e. The minimum atomic E-state index is 0.0145. The van der Waals surface area contributed by atoms with Crippen molar-refractivity contribution >= 4 is 27.5 Å². The van der Waals surface area contributed by atoms with Gasteiger partial charge in [0.1, 0.15) is 10.7 Å². The van der Waals surface area contributed by atoms with E-state index < -0.39 is 0 Å². The van der Waals surface area contributed by atoms with Crippen molar-refractivity contribution in [1.82, 2.24) is 25.1 Å². The van der Waals surface area contributed by atoms with Crippen molar-refractivity contribution in [3.8, 4) is 0 Å². The van der Waals surface area contributed by atoms with E-state index in [1.54, 1.807) is 11.3 Å². The van der Waals surface area contributed by atoms with Gasteiger partial charge < -0.3 is 15.2 Å². The van der Waals surface area contributed by atoms with Crippen molar-refractivity contribution in [2.75, 3.05) is 39.3 Å². The molecule has 2 aromatic rings. The molecule has 8 heteroatoms. The summed E-state index contributed by atoms with van der Waals surface area (Å²) in [7, 11) is 0. The van der Waals surface area contributed by atoms with Crippen LogP contribution in [0.1, 0.15) is 29.1 Å². The highest BCUT2D eigenvalue weighted by atomic mass is 32.1. The molecule has 27 heavy (non-hydrogen) atoms. The van der Waals surface area contributed by atoms with E-state index in [0.29, 0.717) is 6.54 Å². The monoisotopic (exact) mass is 387 g/mol. The van der Waals surface area contributed by atoms with Gasteiger partial charge in [0, 0.05) is 44.1 Å². The topological polar surface area (TPSA) is 81.3 Å². The second-order valence-electron chi connectivity index (χ2n) is 7.86. The van der Waals surface area contributed by atoms with Gasteiger partial charge in [0.15, 0.2) is 0 Å². The molecule has 0 bridgehead atoms. The number of aromatic amines is 1. The second kappa shape index (κ2) is 7.00. The highest BCUT2D eigenvalue weighted by molar-refractivity contribution is 7.18. The molecule has 2 N–H and O–H groups in total. The van der Waals surface area contributed by atoms with Crippen molar-refractivity contribution in [1.29, 1.82) is 0 Å². The third kappa shape index (κ3) is 3.19. The maximum absolute atomic E-state index is 12.7. The summed E-state index contributed by atoms with van der Waals surface area (Å²) in [5.74, 6) is 1.20.